The molecule has 0 atom stereocenters. The molecule has 0 bridgehead atoms. The number of esters is 1. The lowest BCUT2D eigenvalue weighted by Crippen LogP contribution is -2.15. The molecule has 0 aliphatic carbocycles. The molecular weight excluding hydrogens is 390 g/mol. The van der Waals surface area contributed by atoms with Crippen LogP contribution in [0.2, 0.25) is 0 Å². The maximum absolute atomic E-state index is 11.3. The Morgan fingerprint density at radius 2 is 1.94 bits per heavy atom. The lowest BCUT2D eigenvalue weighted by molar-refractivity contribution is -0.140. The molecule has 160 valence electrons. The van der Waals surface area contributed by atoms with Crippen LogP contribution in [0.5, 0.6) is 0 Å². The number of para-hydroxylation sites is 1. The molecule has 0 unspecified atom stereocenters. The molecule has 1 aromatic carbocycles. The topological polar surface area (TPSA) is 72.6 Å². The quantitative estimate of drug-likeness (QED) is 0.315. The predicted molar refractivity (Wildman–Crippen MR) is 122 cm³/mol. The van der Waals surface area contributed by atoms with Crippen LogP contribution in [0, 0.1) is 0 Å². The minimum Gasteiger partial charge on any atom is -0.469 e. The lowest BCUT2D eigenvalue weighted by Gasteiger charge is -2.15. The number of aryl methyl sites for hydroxylation is 1. The highest BCUT2D eigenvalue weighted by Crippen LogP contribution is 2.28. The monoisotopic (exact) mass is 417 g/mol. The lowest BCUT2D eigenvalue weighted by atomic mass is 10.1. The number of rotatable bonds is 8. The zero-order valence-electron chi connectivity index (χ0n) is 18.2. The van der Waals surface area contributed by atoms with E-state index >= 15 is 0 Å². The number of fused-ring (bicyclic) bond motifs is 2. The highest BCUT2D eigenvalue weighted by atomic mass is 16.5. The van der Waals surface area contributed by atoms with Gasteiger partial charge in [-0.3, -0.25) is 9.78 Å². The summed E-state index contributed by atoms with van der Waals surface area (Å²) in [5.74, 6) is 0.830. The summed E-state index contributed by atoms with van der Waals surface area (Å²) in [5, 5.41) is 5.70. The Labute approximate surface area is 181 Å². The average Bonchev–Trinajstić information content (AvgIpc) is 3.21. The van der Waals surface area contributed by atoms with Crippen molar-refractivity contribution in [2.45, 2.75) is 32.1 Å². The first-order chi connectivity index (χ1) is 15.1. The molecule has 7 nitrogen and oxygen atoms in total. The molecule has 3 aromatic heterocycles. The fourth-order valence-electron chi connectivity index (χ4n) is 3.72. The van der Waals surface area contributed by atoms with Crippen molar-refractivity contribution in [3.05, 3.63) is 54.5 Å². The van der Waals surface area contributed by atoms with Gasteiger partial charge in [0.15, 0.2) is 5.65 Å². The maximum Gasteiger partial charge on any atom is 0.305 e. The minimum absolute atomic E-state index is 0.151. The van der Waals surface area contributed by atoms with E-state index < -0.39 is 0 Å². The standard InChI is InChI=1S/C24H27N5O2/c1-28(2)22-14-19(10-5-4-6-12-23(30)31-3)27-24-20(16-26-29(22)24)18-13-17-9-7-8-11-21(17)25-15-18/h7-9,11,13-16H,4-6,10,12H2,1-3H3. The first-order valence-electron chi connectivity index (χ1n) is 10.5. The number of unbranched alkanes of at least 4 members (excludes halogenated alkanes) is 2. The SMILES string of the molecule is COC(=O)CCCCCc1cc(N(C)C)n2ncc(-c3cnc4ccccc4c3)c2n1. The summed E-state index contributed by atoms with van der Waals surface area (Å²) in [4.78, 5) is 22.9. The van der Waals surface area contributed by atoms with Gasteiger partial charge in [-0.15, -0.1) is 0 Å². The second kappa shape index (κ2) is 9.12. The van der Waals surface area contributed by atoms with Gasteiger partial charge in [0.2, 0.25) is 0 Å². The molecule has 31 heavy (non-hydrogen) atoms. The molecule has 0 aliphatic rings. The van der Waals surface area contributed by atoms with Crippen LogP contribution in [0.25, 0.3) is 27.7 Å². The Hall–Kier alpha value is -3.48. The second-order valence-corrected chi connectivity index (χ2v) is 7.85. The number of benzene rings is 1. The Kier molecular flexibility index (Phi) is 6.11. The number of carbonyl (C=O) groups is 1. The van der Waals surface area contributed by atoms with Gasteiger partial charge >= 0.3 is 5.97 Å². The number of anilines is 1. The molecular formula is C24H27N5O2. The predicted octanol–water partition coefficient (Wildman–Crippen LogP) is 4.29. The Morgan fingerprint density at radius 1 is 1.10 bits per heavy atom. The first kappa shape index (κ1) is 20.8. The van der Waals surface area contributed by atoms with Crippen LogP contribution in [-0.2, 0) is 16.0 Å². The van der Waals surface area contributed by atoms with Gasteiger partial charge < -0.3 is 9.64 Å². The van der Waals surface area contributed by atoms with E-state index in [2.05, 4.69) is 28.3 Å². The normalized spacial score (nSPS) is 11.2. The fraction of sp³-hybridized carbons (Fsp3) is 0.333. The van der Waals surface area contributed by atoms with Crippen LogP contribution >= 0.6 is 0 Å². The van der Waals surface area contributed by atoms with Crippen LogP contribution in [0.4, 0.5) is 5.82 Å². The number of aromatic nitrogens is 4. The van der Waals surface area contributed by atoms with Crippen molar-refractivity contribution in [3.63, 3.8) is 0 Å². The Bertz CT molecular complexity index is 1220. The van der Waals surface area contributed by atoms with E-state index in [1.807, 2.05) is 54.1 Å². The summed E-state index contributed by atoms with van der Waals surface area (Å²) >= 11 is 0. The Morgan fingerprint density at radius 3 is 2.74 bits per heavy atom. The van der Waals surface area contributed by atoms with Gasteiger partial charge in [-0.1, -0.05) is 24.6 Å². The van der Waals surface area contributed by atoms with Crippen molar-refractivity contribution in [3.8, 4) is 11.1 Å². The molecule has 0 saturated carbocycles. The molecule has 0 amide bonds. The highest BCUT2D eigenvalue weighted by molar-refractivity contribution is 5.87. The van der Waals surface area contributed by atoms with Gasteiger partial charge in [-0.2, -0.15) is 9.61 Å². The van der Waals surface area contributed by atoms with Gasteiger partial charge in [0.25, 0.3) is 0 Å². The van der Waals surface area contributed by atoms with E-state index in [0.29, 0.717) is 6.42 Å². The zero-order chi connectivity index (χ0) is 21.8. The summed E-state index contributed by atoms with van der Waals surface area (Å²) in [6, 6.07) is 12.3. The second-order valence-electron chi connectivity index (χ2n) is 7.85. The van der Waals surface area contributed by atoms with Gasteiger partial charge in [-0.25, -0.2) is 4.98 Å². The van der Waals surface area contributed by atoms with E-state index in [9.17, 15) is 4.79 Å². The smallest absolute Gasteiger partial charge is 0.305 e. The number of pyridine rings is 1. The molecule has 3 heterocycles. The highest BCUT2D eigenvalue weighted by Gasteiger charge is 2.15. The minimum atomic E-state index is -0.151. The van der Waals surface area contributed by atoms with E-state index in [0.717, 1.165) is 64.9 Å². The van der Waals surface area contributed by atoms with Crippen LogP contribution in [0.3, 0.4) is 0 Å². The first-order valence-corrected chi connectivity index (χ1v) is 10.5. The van der Waals surface area contributed by atoms with Gasteiger partial charge in [0.1, 0.15) is 5.82 Å². The molecule has 4 aromatic rings. The van der Waals surface area contributed by atoms with Crippen LogP contribution < -0.4 is 4.90 Å². The summed E-state index contributed by atoms with van der Waals surface area (Å²) in [5.41, 5.74) is 4.78. The van der Waals surface area contributed by atoms with Crippen molar-refractivity contribution in [2.24, 2.45) is 0 Å². The van der Waals surface area contributed by atoms with Gasteiger partial charge in [0.05, 0.1) is 18.8 Å². The van der Waals surface area contributed by atoms with Crippen molar-refractivity contribution in [2.75, 3.05) is 26.1 Å². The summed E-state index contributed by atoms with van der Waals surface area (Å²) in [7, 11) is 5.44. The summed E-state index contributed by atoms with van der Waals surface area (Å²) in [6.45, 7) is 0. The van der Waals surface area contributed by atoms with E-state index in [-0.39, 0.29) is 5.97 Å². The fourth-order valence-corrected chi connectivity index (χ4v) is 3.72. The average molecular weight is 418 g/mol. The number of hydrogen-bond acceptors (Lipinski definition) is 6. The molecule has 0 saturated heterocycles. The van der Waals surface area contributed by atoms with Gasteiger partial charge in [-0.05, 0) is 31.4 Å². The molecule has 0 radical (unpaired) electrons. The van der Waals surface area contributed by atoms with Crippen LogP contribution in [0.15, 0.2) is 48.8 Å². The van der Waals surface area contributed by atoms with Crippen molar-refractivity contribution in [1.82, 2.24) is 19.6 Å². The molecule has 4 rings (SSSR count). The number of ether oxygens (including phenoxy) is 1. The van der Waals surface area contributed by atoms with Crippen molar-refractivity contribution < 1.29 is 9.53 Å². The molecule has 0 spiro atoms. The zero-order valence-corrected chi connectivity index (χ0v) is 18.2. The van der Waals surface area contributed by atoms with Crippen molar-refractivity contribution >= 4 is 28.3 Å². The molecule has 0 fully saturated rings. The number of nitrogens with zero attached hydrogens (tertiary/aromatic N) is 5. The van der Waals surface area contributed by atoms with Crippen molar-refractivity contribution in [1.29, 1.82) is 0 Å². The largest absolute Gasteiger partial charge is 0.469 e. The molecule has 0 aliphatic heterocycles. The third kappa shape index (κ3) is 4.50. The molecule has 0 N–H and O–H groups in total. The maximum atomic E-state index is 11.3. The number of carbonyl (C=O) groups excluding carboxylic acids is 1. The van der Waals surface area contributed by atoms with Gasteiger partial charge in [0, 0.05) is 55.0 Å². The van der Waals surface area contributed by atoms with E-state index in [4.69, 9.17) is 9.72 Å². The number of hydrogen-bond donors (Lipinski definition) is 0. The van der Waals surface area contributed by atoms with Crippen LogP contribution in [-0.4, -0.2) is 46.8 Å². The molecule has 7 heteroatoms. The number of methoxy groups -OCH3 is 1. The third-order valence-electron chi connectivity index (χ3n) is 5.41. The summed E-state index contributed by atoms with van der Waals surface area (Å²) in [6.07, 6.45) is 7.81. The summed E-state index contributed by atoms with van der Waals surface area (Å²) < 4.78 is 6.59. The third-order valence-corrected chi connectivity index (χ3v) is 5.41. The van der Waals surface area contributed by atoms with E-state index in [1.165, 1.54) is 7.11 Å². The van der Waals surface area contributed by atoms with Crippen LogP contribution in [0.1, 0.15) is 31.4 Å². The Balaban J connectivity index is 1.63. The van der Waals surface area contributed by atoms with E-state index in [1.54, 1.807) is 0 Å².